The molecule has 8 rings (SSSR count). The van der Waals surface area contributed by atoms with Gasteiger partial charge in [0.25, 0.3) is 0 Å². The van der Waals surface area contributed by atoms with Crippen LogP contribution in [-0.4, -0.2) is 0 Å². The third-order valence-electron chi connectivity index (χ3n) is 6.46. The van der Waals surface area contributed by atoms with Gasteiger partial charge in [-0.3, -0.25) is 0 Å². The van der Waals surface area contributed by atoms with Gasteiger partial charge < -0.3 is 0 Å². The summed E-state index contributed by atoms with van der Waals surface area (Å²) in [6, 6.07) is -17.5. The summed E-state index contributed by atoms with van der Waals surface area (Å²) in [5, 5.41) is -3.82. The molecule has 0 fully saturated rings. The van der Waals surface area contributed by atoms with E-state index < -0.39 is 211 Å². The fourth-order valence-corrected chi connectivity index (χ4v) is 4.71. The molecule has 0 atom stereocenters. The molecule has 40 heavy (non-hydrogen) atoms. The predicted molar refractivity (Wildman–Crippen MR) is 173 cm³/mol. The molecule has 0 aliphatic heterocycles. The van der Waals surface area contributed by atoms with Crippen molar-refractivity contribution in [2.45, 2.75) is 0 Å². The number of rotatable bonds is 3. The smallest absolute Gasteiger partial charge is 0.0616 e. The van der Waals surface area contributed by atoms with Gasteiger partial charge >= 0.3 is 0 Å². The Kier molecular flexibility index (Phi) is 2.12. The minimum atomic E-state index is -0.980. The first-order valence-electron chi connectivity index (χ1n) is 23.9. The van der Waals surface area contributed by atoms with Crippen LogP contribution in [0.4, 0.5) is 0 Å². The fourth-order valence-electron chi connectivity index (χ4n) is 4.71. The van der Waals surface area contributed by atoms with Gasteiger partial charge in [-0.25, -0.2) is 0 Å². The molecule has 0 saturated heterocycles. The molecule has 8 aromatic carbocycles. The lowest BCUT2D eigenvalue weighted by molar-refractivity contribution is 1.63. The van der Waals surface area contributed by atoms with E-state index in [1.165, 1.54) is 0 Å². The van der Waals surface area contributed by atoms with E-state index in [2.05, 4.69) is 0 Å². The molecule has 0 unspecified atom stereocenters. The summed E-state index contributed by atoms with van der Waals surface area (Å²) >= 11 is 0. The summed E-state index contributed by atoms with van der Waals surface area (Å²) in [5.74, 6) is 0. The second-order valence-corrected chi connectivity index (χ2v) is 8.65. The molecule has 0 N–H and O–H groups in total. The molecular formula is C40H26. The van der Waals surface area contributed by atoms with E-state index in [9.17, 15) is 11.0 Å². The Morgan fingerprint density at radius 2 is 0.900 bits per heavy atom. The molecule has 0 bridgehead atoms. The first kappa shape index (κ1) is 9.18. The Morgan fingerprint density at radius 3 is 1.75 bits per heavy atom. The minimum absolute atomic E-state index is 0.221. The molecule has 0 radical (unpaired) electrons. The third kappa shape index (κ3) is 3.61. The van der Waals surface area contributed by atoms with Gasteiger partial charge in [0.2, 0.25) is 0 Å². The number of benzene rings is 8. The summed E-state index contributed by atoms with van der Waals surface area (Å²) in [7, 11) is 0. The van der Waals surface area contributed by atoms with Gasteiger partial charge in [-0.2, -0.15) is 0 Å². The van der Waals surface area contributed by atoms with E-state index >= 15 is 0 Å². The summed E-state index contributed by atoms with van der Waals surface area (Å²) < 4.78 is 212. The average Bonchev–Trinajstić information content (AvgIpc) is 3.25. The largest absolute Gasteiger partial charge is 0.0636 e. The highest BCUT2D eigenvalue weighted by atomic mass is 14.2. The van der Waals surface area contributed by atoms with Crippen LogP contribution in [0.5, 0.6) is 0 Å². The Morgan fingerprint density at radius 1 is 0.325 bits per heavy atom. The van der Waals surface area contributed by atoms with Crippen LogP contribution in [0.2, 0.25) is 0 Å². The minimum Gasteiger partial charge on any atom is -0.0616 e. The van der Waals surface area contributed by atoms with Crippen LogP contribution >= 0.6 is 0 Å². The quantitative estimate of drug-likeness (QED) is 0.199. The van der Waals surface area contributed by atoms with E-state index in [1.54, 1.807) is 0 Å². The zero-order chi connectivity index (χ0) is 47.4. The molecule has 0 saturated carbocycles. The molecule has 0 heterocycles. The zero-order valence-corrected chi connectivity index (χ0v) is 20.2. The van der Waals surface area contributed by atoms with Gasteiger partial charge in [-0.05, 0) is 82.5 Å². The van der Waals surface area contributed by atoms with Crippen molar-refractivity contribution >= 4 is 43.1 Å². The second-order valence-electron chi connectivity index (χ2n) is 8.65. The molecule has 0 amide bonds. The Hall–Kier alpha value is -5.20. The molecule has 0 spiro atoms. The third-order valence-corrected chi connectivity index (χ3v) is 6.46. The lowest BCUT2D eigenvalue weighted by atomic mass is 9.84. The topological polar surface area (TPSA) is 0 Å². The van der Waals surface area contributed by atoms with Crippen molar-refractivity contribution in [3.8, 4) is 33.4 Å². The summed E-state index contributed by atoms with van der Waals surface area (Å²) in [5.41, 5.74) is -3.76. The zero-order valence-electron chi connectivity index (χ0n) is 44.2. The van der Waals surface area contributed by atoms with Gasteiger partial charge in [0.05, 0.1) is 32.9 Å². The molecule has 0 aromatic heterocycles. The highest BCUT2D eigenvalue weighted by Gasteiger charge is 2.17. The van der Waals surface area contributed by atoms with Gasteiger partial charge in [0.1, 0.15) is 0 Å². The van der Waals surface area contributed by atoms with Crippen LogP contribution in [-0.2, 0) is 0 Å². The summed E-state index contributed by atoms with van der Waals surface area (Å²) in [6.07, 6.45) is 0. The van der Waals surface area contributed by atoms with Crippen molar-refractivity contribution in [2.24, 2.45) is 0 Å². The van der Waals surface area contributed by atoms with Crippen LogP contribution in [0.15, 0.2) is 157 Å². The van der Waals surface area contributed by atoms with Crippen LogP contribution in [0.25, 0.3) is 76.5 Å². The van der Waals surface area contributed by atoms with E-state index in [-0.39, 0.29) is 10.8 Å². The first-order valence-corrected chi connectivity index (χ1v) is 11.9. The van der Waals surface area contributed by atoms with Crippen molar-refractivity contribution in [3.63, 3.8) is 0 Å². The number of fused-ring (bicyclic) bond motifs is 4. The highest BCUT2D eigenvalue weighted by Crippen LogP contribution is 2.45. The lowest BCUT2D eigenvalue weighted by Crippen LogP contribution is -1.91. The van der Waals surface area contributed by atoms with Gasteiger partial charge in [0.15, 0.2) is 0 Å². The predicted octanol–water partition coefficient (Wildman–Crippen LogP) is 11.3. The summed E-state index contributed by atoms with van der Waals surface area (Å²) in [6.45, 7) is 0. The molecular weight excluding hydrogens is 480 g/mol. The monoisotopic (exact) mass is 530 g/mol. The van der Waals surface area contributed by atoms with Gasteiger partial charge in [-0.15, -0.1) is 0 Å². The lowest BCUT2D eigenvalue weighted by Gasteiger charge is -2.19. The second kappa shape index (κ2) is 9.22. The maximum Gasteiger partial charge on any atom is 0.0636 e. The highest BCUT2D eigenvalue weighted by molar-refractivity contribution is 6.23. The number of hydrogen-bond donors (Lipinski definition) is 0. The summed E-state index contributed by atoms with van der Waals surface area (Å²) in [4.78, 5) is 0. The molecule has 8 aromatic rings. The van der Waals surface area contributed by atoms with Crippen molar-refractivity contribution in [3.05, 3.63) is 157 Å². The van der Waals surface area contributed by atoms with Crippen molar-refractivity contribution in [2.75, 3.05) is 0 Å². The fraction of sp³-hybridized carbons (Fsp3) is 0. The van der Waals surface area contributed by atoms with Crippen molar-refractivity contribution in [1.29, 1.82) is 0 Å². The maximum absolute atomic E-state index is 9.42. The van der Waals surface area contributed by atoms with E-state index in [0.29, 0.717) is 0 Å². The molecule has 0 nitrogen and oxygen atoms in total. The average molecular weight is 531 g/mol. The van der Waals surface area contributed by atoms with E-state index in [1.807, 2.05) is 0 Å². The molecule has 0 aliphatic rings. The number of hydrogen-bond acceptors (Lipinski definition) is 0. The van der Waals surface area contributed by atoms with Crippen LogP contribution in [0, 0.1) is 0 Å². The Balaban J connectivity index is 1.66. The molecule has 0 aliphatic carbocycles. The van der Waals surface area contributed by atoms with Gasteiger partial charge in [-0.1, -0.05) is 151 Å². The van der Waals surface area contributed by atoms with Crippen molar-refractivity contribution < 1.29 is 32.9 Å². The maximum atomic E-state index is 9.42. The Labute approximate surface area is 267 Å². The SMILES string of the molecule is [2H]c1cc2c([2H])c([2H])c(-c3c([2H])c([2H])c(-c4c5c([2H])c([2H])c([2H])cc5c(-c5c([2H])c([2H])c([2H])c6c([2H])c([2H])c([2H])c([2H])c56)c5c([2H])c([2H])c([2H])c([2H])c45)c([2H])c3[2H])c([2H])c2c([2H])c1[2H]. The Bertz CT molecular complexity index is 3500. The van der Waals surface area contributed by atoms with Crippen molar-refractivity contribution in [1.82, 2.24) is 0 Å². The first-order chi connectivity index (χ1) is 29.8. The molecule has 186 valence electrons. The normalized spacial score (nSPS) is 19.9. The van der Waals surface area contributed by atoms with E-state index in [4.69, 9.17) is 21.9 Å². The molecule has 0 heteroatoms. The van der Waals surface area contributed by atoms with E-state index in [0.717, 1.165) is 12.1 Å². The van der Waals surface area contributed by atoms with Crippen LogP contribution < -0.4 is 0 Å². The van der Waals surface area contributed by atoms with Crippen LogP contribution in [0.1, 0.15) is 32.9 Å². The van der Waals surface area contributed by atoms with Crippen LogP contribution in [0.3, 0.4) is 0 Å². The standard InChI is InChI=1S/C40H26/c1-2-12-31-26-32(25-22-27(31)10-1)28-20-23-30(24-21-28)39-35-15-5-7-17-37(35)40(38-18-8-6-16-36(38)39)34-19-9-13-29-11-3-4-14-33(29)34/h1-26H/i1D,2D,3D,4D,5D,6D,7D,8D,9D,11D,12D,13D,14D,15D,16D,17D,19D,20D,21D,22D,23D,24D,25D,26D. The van der Waals surface area contributed by atoms with Gasteiger partial charge in [0, 0.05) is 0 Å².